The van der Waals surface area contributed by atoms with Crippen LogP contribution in [-0.4, -0.2) is 41.5 Å². The number of hydrogen-bond acceptors (Lipinski definition) is 5. The Kier molecular flexibility index (Phi) is 6.18. The maximum Gasteiger partial charge on any atom is 0.270 e. The summed E-state index contributed by atoms with van der Waals surface area (Å²) in [4.78, 5) is 19.2. The fraction of sp³-hybridized carbons (Fsp3) is 0.474. The summed E-state index contributed by atoms with van der Waals surface area (Å²) in [5.41, 5.74) is 7.41. The van der Waals surface area contributed by atoms with E-state index < -0.39 is 0 Å². The molecule has 1 unspecified atom stereocenters. The molecule has 6 heteroatoms. The molecule has 0 radical (unpaired) electrons. The zero-order valence-corrected chi connectivity index (χ0v) is 15.5. The molecule has 1 saturated heterocycles. The average Bonchev–Trinajstić information content (AvgIpc) is 3.12. The third kappa shape index (κ3) is 4.66. The zero-order valence-electron chi connectivity index (χ0n) is 14.6. The quantitative estimate of drug-likeness (QED) is 0.833. The third-order valence-electron chi connectivity index (χ3n) is 4.84. The summed E-state index contributed by atoms with van der Waals surface area (Å²) in [6.45, 7) is 4.81. The summed E-state index contributed by atoms with van der Waals surface area (Å²) in [5, 5.41) is 5.89. The Morgan fingerprint density at radius 2 is 2.08 bits per heavy atom. The molecule has 134 valence electrons. The van der Waals surface area contributed by atoms with Crippen molar-refractivity contribution in [2.24, 2.45) is 5.73 Å². The van der Waals surface area contributed by atoms with E-state index in [1.807, 2.05) is 5.38 Å². The van der Waals surface area contributed by atoms with Gasteiger partial charge in [-0.05, 0) is 31.9 Å². The van der Waals surface area contributed by atoms with Crippen LogP contribution in [0.3, 0.4) is 0 Å². The van der Waals surface area contributed by atoms with Gasteiger partial charge >= 0.3 is 0 Å². The number of thiazole rings is 1. The largest absolute Gasteiger partial charge is 0.348 e. The number of rotatable bonds is 6. The lowest BCUT2D eigenvalue weighted by molar-refractivity contribution is 0.0891. The Labute approximate surface area is 153 Å². The first-order chi connectivity index (χ1) is 12.2. The van der Waals surface area contributed by atoms with Crippen LogP contribution >= 0.6 is 11.3 Å². The molecule has 2 heterocycles. The summed E-state index contributed by atoms with van der Waals surface area (Å²) in [6, 6.07) is 11.2. The van der Waals surface area contributed by atoms with Crippen LogP contribution in [0.4, 0.5) is 0 Å². The van der Waals surface area contributed by atoms with E-state index in [-0.39, 0.29) is 11.9 Å². The number of nitrogens with zero attached hydrogens (tertiary/aromatic N) is 2. The molecule has 3 rings (SSSR count). The molecule has 1 aliphatic rings. The van der Waals surface area contributed by atoms with Crippen molar-refractivity contribution in [1.82, 2.24) is 15.2 Å². The number of carbonyl (C=O) groups excluding carboxylic acids is 1. The normalized spacial score (nSPS) is 17.4. The fourth-order valence-electron chi connectivity index (χ4n) is 3.29. The van der Waals surface area contributed by atoms with Crippen molar-refractivity contribution in [3.8, 4) is 0 Å². The predicted molar refractivity (Wildman–Crippen MR) is 102 cm³/mol. The summed E-state index contributed by atoms with van der Waals surface area (Å²) in [6.07, 6.45) is 2.68. The number of piperidine rings is 1. The van der Waals surface area contributed by atoms with Crippen LogP contribution < -0.4 is 11.1 Å². The van der Waals surface area contributed by atoms with E-state index >= 15 is 0 Å². The molecule has 0 bridgehead atoms. The van der Waals surface area contributed by atoms with Crippen molar-refractivity contribution < 1.29 is 4.79 Å². The van der Waals surface area contributed by atoms with Gasteiger partial charge in [-0.3, -0.25) is 9.69 Å². The lowest BCUT2D eigenvalue weighted by atomic mass is 10.00. The Balaban J connectivity index is 1.49. The number of amides is 1. The Hall–Kier alpha value is -1.76. The van der Waals surface area contributed by atoms with Gasteiger partial charge in [-0.15, -0.1) is 11.3 Å². The second-order valence-corrected chi connectivity index (χ2v) is 7.48. The van der Waals surface area contributed by atoms with Crippen LogP contribution in [0.25, 0.3) is 0 Å². The number of carbonyl (C=O) groups is 1. The molecule has 1 atom stereocenters. The van der Waals surface area contributed by atoms with Crippen LogP contribution in [0.2, 0.25) is 0 Å². The Morgan fingerprint density at radius 1 is 1.36 bits per heavy atom. The molecule has 1 amide bonds. The zero-order chi connectivity index (χ0) is 17.6. The monoisotopic (exact) mass is 358 g/mol. The SMILES string of the molecule is CC(c1ccccc1)N1CCC(NC(=O)c2csc(CCN)n2)CC1. The highest BCUT2D eigenvalue weighted by atomic mass is 32.1. The van der Waals surface area contributed by atoms with Gasteiger partial charge in [0.2, 0.25) is 0 Å². The summed E-state index contributed by atoms with van der Waals surface area (Å²) >= 11 is 1.51. The lowest BCUT2D eigenvalue weighted by Crippen LogP contribution is -2.45. The predicted octanol–water partition coefficient (Wildman–Crippen LogP) is 2.60. The molecule has 5 nitrogen and oxygen atoms in total. The van der Waals surface area contributed by atoms with Gasteiger partial charge in [0, 0.05) is 37.0 Å². The molecule has 1 aliphatic heterocycles. The molecular weight excluding hydrogens is 332 g/mol. The topological polar surface area (TPSA) is 71.2 Å². The molecule has 0 saturated carbocycles. The minimum atomic E-state index is -0.0610. The van der Waals surface area contributed by atoms with Gasteiger partial charge in [-0.2, -0.15) is 0 Å². The van der Waals surface area contributed by atoms with Crippen LogP contribution in [0.5, 0.6) is 0 Å². The lowest BCUT2D eigenvalue weighted by Gasteiger charge is -2.36. The molecule has 1 fully saturated rings. The van der Waals surface area contributed by atoms with E-state index in [2.05, 4.69) is 52.5 Å². The first kappa shape index (κ1) is 18.0. The van der Waals surface area contributed by atoms with E-state index in [1.54, 1.807) is 0 Å². The van der Waals surface area contributed by atoms with Crippen LogP contribution in [0.15, 0.2) is 35.7 Å². The van der Waals surface area contributed by atoms with E-state index in [0.29, 0.717) is 18.3 Å². The molecule has 1 aromatic heterocycles. The minimum Gasteiger partial charge on any atom is -0.348 e. The number of nitrogens with two attached hydrogens (primary N) is 1. The molecule has 25 heavy (non-hydrogen) atoms. The number of nitrogens with one attached hydrogen (secondary N) is 1. The van der Waals surface area contributed by atoms with Gasteiger partial charge in [-0.1, -0.05) is 30.3 Å². The highest BCUT2D eigenvalue weighted by molar-refractivity contribution is 7.09. The van der Waals surface area contributed by atoms with Gasteiger partial charge in [0.05, 0.1) is 5.01 Å². The van der Waals surface area contributed by atoms with E-state index in [1.165, 1.54) is 16.9 Å². The van der Waals surface area contributed by atoms with Gasteiger partial charge < -0.3 is 11.1 Å². The van der Waals surface area contributed by atoms with E-state index in [9.17, 15) is 4.79 Å². The molecule has 3 N–H and O–H groups in total. The molecule has 1 aromatic carbocycles. The Morgan fingerprint density at radius 3 is 2.76 bits per heavy atom. The highest BCUT2D eigenvalue weighted by Gasteiger charge is 2.25. The van der Waals surface area contributed by atoms with Gasteiger partial charge in [0.25, 0.3) is 5.91 Å². The van der Waals surface area contributed by atoms with Gasteiger partial charge in [0.1, 0.15) is 5.69 Å². The molecule has 2 aromatic rings. The summed E-state index contributed by atoms with van der Waals surface area (Å²) < 4.78 is 0. The number of aromatic nitrogens is 1. The van der Waals surface area contributed by atoms with Crippen molar-refractivity contribution >= 4 is 17.2 Å². The summed E-state index contributed by atoms with van der Waals surface area (Å²) in [5.74, 6) is -0.0610. The molecular formula is C19H26N4OS. The number of benzene rings is 1. The van der Waals surface area contributed by atoms with Crippen molar-refractivity contribution in [2.75, 3.05) is 19.6 Å². The van der Waals surface area contributed by atoms with Crippen molar-refractivity contribution in [3.63, 3.8) is 0 Å². The van der Waals surface area contributed by atoms with E-state index in [4.69, 9.17) is 5.73 Å². The standard InChI is InChI=1S/C19H26N4OS/c1-14(15-5-3-2-4-6-15)23-11-8-16(9-12-23)21-19(24)17-13-25-18(22-17)7-10-20/h2-6,13-14,16H,7-12,20H2,1H3,(H,21,24). The smallest absolute Gasteiger partial charge is 0.270 e. The van der Waals surface area contributed by atoms with Crippen LogP contribution in [0.1, 0.15) is 46.9 Å². The first-order valence-corrected chi connectivity index (χ1v) is 9.79. The Bertz CT molecular complexity index is 680. The van der Waals surface area contributed by atoms with Crippen LogP contribution in [-0.2, 0) is 6.42 Å². The minimum absolute atomic E-state index is 0.0610. The fourth-order valence-corrected chi connectivity index (χ4v) is 4.08. The van der Waals surface area contributed by atoms with E-state index in [0.717, 1.165) is 37.4 Å². The number of likely N-dealkylation sites (tertiary alicyclic amines) is 1. The van der Waals surface area contributed by atoms with Crippen molar-refractivity contribution in [3.05, 3.63) is 52.0 Å². The molecule has 0 spiro atoms. The number of hydrogen-bond donors (Lipinski definition) is 2. The van der Waals surface area contributed by atoms with Crippen LogP contribution in [0, 0.1) is 0 Å². The molecule has 0 aliphatic carbocycles. The summed E-state index contributed by atoms with van der Waals surface area (Å²) in [7, 11) is 0. The van der Waals surface area contributed by atoms with Gasteiger partial charge in [-0.25, -0.2) is 4.98 Å². The van der Waals surface area contributed by atoms with Crippen molar-refractivity contribution in [2.45, 2.75) is 38.3 Å². The van der Waals surface area contributed by atoms with Gasteiger partial charge in [0.15, 0.2) is 0 Å². The highest BCUT2D eigenvalue weighted by Crippen LogP contribution is 2.24. The maximum absolute atomic E-state index is 12.4. The third-order valence-corrected chi connectivity index (χ3v) is 5.75. The van der Waals surface area contributed by atoms with Crippen molar-refractivity contribution in [1.29, 1.82) is 0 Å². The average molecular weight is 359 g/mol. The maximum atomic E-state index is 12.4. The second-order valence-electron chi connectivity index (χ2n) is 6.54. The first-order valence-electron chi connectivity index (χ1n) is 8.91. The second kappa shape index (κ2) is 8.56.